The van der Waals surface area contributed by atoms with Crippen LogP contribution in [0.2, 0.25) is 0 Å². The molecule has 1 heterocycles. The number of carboxylic acid groups (broad SMARTS) is 1. The minimum Gasteiger partial charge on any atom is -0.481 e. The van der Waals surface area contributed by atoms with Crippen LogP contribution in [-0.2, 0) is 9.59 Å². The Kier molecular flexibility index (Phi) is 5.25. The van der Waals surface area contributed by atoms with E-state index < -0.39 is 5.97 Å². The lowest BCUT2D eigenvalue weighted by Crippen LogP contribution is -2.37. The van der Waals surface area contributed by atoms with Gasteiger partial charge in [-0.1, -0.05) is 13.8 Å². The molecule has 6 heteroatoms. The molecule has 22 heavy (non-hydrogen) atoms. The molecular weight excluding hydrogens is 286 g/mol. The molecular formula is C16H21NO5. The first-order valence-corrected chi connectivity index (χ1v) is 7.49. The summed E-state index contributed by atoms with van der Waals surface area (Å²) in [4.78, 5) is 25.1. The number of carboxylic acids is 1. The highest BCUT2D eigenvalue weighted by Gasteiger charge is 2.25. The third-order valence-electron chi connectivity index (χ3n) is 3.82. The standard InChI is InChI=1S/C16H21NO5/c1-3-11(4-2)16(20)17(8-7-15(18)19)12-5-6-13-14(9-12)22-10-21-13/h5-6,9,11H,3-4,7-8,10H2,1-2H3,(H,18,19). The van der Waals surface area contributed by atoms with E-state index >= 15 is 0 Å². The molecule has 1 aromatic carbocycles. The van der Waals surface area contributed by atoms with Crippen molar-refractivity contribution in [2.45, 2.75) is 33.1 Å². The Balaban J connectivity index is 2.26. The fraction of sp³-hybridized carbons (Fsp3) is 0.500. The maximum Gasteiger partial charge on any atom is 0.305 e. The lowest BCUT2D eigenvalue weighted by atomic mass is 10.0. The average molecular weight is 307 g/mol. The Labute approximate surface area is 129 Å². The molecule has 120 valence electrons. The normalized spacial score (nSPS) is 12.5. The molecule has 1 aliphatic rings. The van der Waals surface area contributed by atoms with Gasteiger partial charge >= 0.3 is 5.97 Å². The van der Waals surface area contributed by atoms with Gasteiger partial charge < -0.3 is 19.5 Å². The molecule has 0 spiro atoms. The number of carbonyl (C=O) groups excluding carboxylic acids is 1. The average Bonchev–Trinajstić information content (AvgIpc) is 2.96. The van der Waals surface area contributed by atoms with Crippen LogP contribution in [-0.4, -0.2) is 30.3 Å². The van der Waals surface area contributed by atoms with Crippen LogP contribution in [0.25, 0.3) is 0 Å². The fourth-order valence-electron chi connectivity index (χ4n) is 2.49. The Morgan fingerprint density at radius 1 is 1.23 bits per heavy atom. The minimum atomic E-state index is -0.928. The van der Waals surface area contributed by atoms with Crippen molar-refractivity contribution in [3.63, 3.8) is 0 Å². The van der Waals surface area contributed by atoms with E-state index in [0.29, 0.717) is 17.2 Å². The second kappa shape index (κ2) is 7.15. The van der Waals surface area contributed by atoms with E-state index in [1.807, 2.05) is 13.8 Å². The molecule has 1 amide bonds. The summed E-state index contributed by atoms with van der Waals surface area (Å²) in [5.41, 5.74) is 0.641. The molecule has 0 fully saturated rings. The summed E-state index contributed by atoms with van der Waals surface area (Å²) in [6.07, 6.45) is 1.35. The zero-order chi connectivity index (χ0) is 16.1. The zero-order valence-electron chi connectivity index (χ0n) is 12.9. The van der Waals surface area contributed by atoms with Crippen LogP contribution in [0.4, 0.5) is 5.69 Å². The highest BCUT2D eigenvalue weighted by atomic mass is 16.7. The Morgan fingerprint density at radius 3 is 2.55 bits per heavy atom. The van der Waals surface area contributed by atoms with Gasteiger partial charge in [-0.2, -0.15) is 0 Å². The van der Waals surface area contributed by atoms with Crippen molar-refractivity contribution in [1.82, 2.24) is 0 Å². The number of ether oxygens (including phenoxy) is 2. The van der Waals surface area contributed by atoms with E-state index in [9.17, 15) is 9.59 Å². The third kappa shape index (κ3) is 3.50. The summed E-state index contributed by atoms with van der Waals surface area (Å²) in [7, 11) is 0. The lowest BCUT2D eigenvalue weighted by Gasteiger charge is -2.26. The molecule has 1 aromatic rings. The first-order chi connectivity index (χ1) is 10.6. The maximum absolute atomic E-state index is 12.7. The maximum atomic E-state index is 12.7. The molecule has 0 atom stereocenters. The number of fused-ring (bicyclic) bond motifs is 1. The lowest BCUT2D eigenvalue weighted by molar-refractivity contribution is -0.136. The van der Waals surface area contributed by atoms with E-state index in [2.05, 4.69) is 0 Å². The monoisotopic (exact) mass is 307 g/mol. The fourth-order valence-corrected chi connectivity index (χ4v) is 2.49. The summed E-state index contributed by atoms with van der Waals surface area (Å²) in [5.74, 6) is 0.125. The molecule has 1 N–H and O–H groups in total. The van der Waals surface area contributed by atoms with Crippen LogP contribution < -0.4 is 14.4 Å². The van der Waals surface area contributed by atoms with Gasteiger partial charge in [-0.3, -0.25) is 9.59 Å². The number of hydrogen-bond donors (Lipinski definition) is 1. The molecule has 0 bridgehead atoms. The minimum absolute atomic E-state index is 0.0508. The summed E-state index contributed by atoms with van der Waals surface area (Å²) >= 11 is 0. The Morgan fingerprint density at radius 2 is 1.91 bits per heavy atom. The molecule has 0 saturated carbocycles. The molecule has 0 unspecified atom stereocenters. The molecule has 2 rings (SSSR count). The van der Waals surface area contributed by atoms with Gasteiger partial charge in [0.1, 0.15) is 0 Å². The summed E-state index contributed by atoms with van der Waals surface area (Å²) in [6, 6.07) is 5.23. The molecule has 0 aromatic heterocycles. The molecule has 0 radical (unpaired) electrons. The van der Waals surface area contributed by atoms with E-state index in [1.54, 1.807) is 18.2 Å². The van der Waals surface area contributed by atoms with E-state index in [-0.39, 0.29) is 31.6 Å². The van der Waals surface area contributed by atoms with Crippen molar-refractivity contribution < 1.29 is 24.2 Å². The van der Waals surface area contributed by atoms with Gasteiger partial charge in [0.25, 0.3) is 0 Å². The van der Waals surface area contributed by atoms with Crippen molar-refractivity contribution in [2.24, 2.45) is 5.92 Å². The first kappa shape index (κ1) is 16.1. The van der Waals surface area contributed by atoms with Crippen LogP contribution in [0.5, 0.6) is 11.5 Å². The van der Waals surface area contributed by atoms with E-state index in [4.69, 9.17) is 14.6 Å². The predicted molar refractivity (Wildman–Crippen MR) is 81.2 cm³/mol. The van der Waals surface area contributed by atoms with Gasteiger partial charge in [0.05, 0.1) is 6.42 Å². The Hall–Kier alpha value is -2.24. The van der Waals surface area contributed by atoms with Crippen LogP contribution in [0.15, 0.2) is 18.2 Å². The van der Waals surface area contributed by atoms with Crippen molar-refractivity contribution in [3.05, 3.63) is 18.2 Å². The Bertz CT molecular complexity index is 553. The van der Waals surface area contributed by atoms with Crippen molar-refractivity contribution in [1.29, 1.82) is 0 Å². The first-order valence-electron chi connectivity index (χ1n) is 7.49. The summed E-state index contributed by atoms with van der Waals surface area (Å²) in [6.45, 7) is 4.22. The molecule has 0 aliphatic carbocycles. The van der Waals surface area contributed by atoms with Crippen molar-refractivity contribution >= 4 is 17.6 Å². The van der Waals surface area contributed by atoms with Gasteiger partial charge in [0.15, 0.2) is 11.5 Å². The van der Waals surface area contributed by atoms with Crippen LogP contribution in [0, 0.1) is 5.92 Å². The van der Waals surface area contributed by atoms with Gasteiger partial charge in [-0.05, 0) is 25.0 Å². The number of anilines is 1. The number of rotatable bonds is 7. The highest BCUT2D eigenvalue weighted by Crippen LogP contribution is 2.36. The highest BCUT2D eigenvalue weighted by molar-refractivity contribution is 5.95. The summed E-state index contributed by atoms with van der Waals surface area (Å²) < 4.78 is 10.6. The third-order valence-corrected chi connectivity index (χ3v) is 3.82. The summed E-state index contributed by atoms with van der Waals surface area (Å²) in [5, 5.41) is 8.92. The van der Waals surface area contributed by atoms with Gasteiger partial charge in [0, 0.05) is 24.2 Å². The van der Waals surface area contributed by atoms with Crippen molar-refractivity contribution in [3.8, 4) is 11.5 Å². The van der Waals surface area contributed by atoms with Crippen LogP contribution in [0.1, 0.15) is 33.1 Å². The number of nitrogens with zero attached hydrogens (tertiary/aromatic N) is 1. The van der Waals surface area contributed by atoms with Crippen LogP contribution in [0.3, 0.4) is 0 Å². The van der Waals surface area contributed by atoms with Gasteiger partial charge in [0.2, 0.25) is 12.7 Å². The largest absolute Gasteiger partial charge is 0.481 e. The smallest absolute Gasteiger partial charge is 0.305 e. The van der Waals surface area contributed by atoms with Gasteiger partial charge in [-0.15, -0.1) is 0 Å². The molecule has 6 nitrogen and oxygen atoms in total. The predicted octanol–water partition coefficient (Wildman–Crippen LogP) is 2.66. The van der Waals surface area contributed by atoms with E-state index in [1.165, 1.54) is 4.90 Å². The number of benzene rings is 1. The topological polar surface area (TPSA) is 76.1 Å². The van der Waals surface area contributed by atoms with E-state index in [0.717, 1.165) is 12.8 Å². The second-order valence-corrected chi connectivity index (χ2v) is 5.18. The second-order valence-electron chi connectivity index (χ2n) is 5.18. The number of carbonyl (C=O) groups is 2. The van der Waals surface area contributed by atoms with Crippen LogP contribution >= 0.6 is 0 Å². The zero-order valence-corrected chi connectivity index (χ0v) is 12.9. The quantitative estimate of drug-likeness (QED) is 0.838. The number of hydrogen-bond acceptors (Lipinski definition) is 4. The SMILES string of the molecule is CCC(CC)C(=O)N(CCC(=O)O)c1ccc2c(c1)OCO2. The van der Waals surface area contributed by atoms with Crippen molar-refractivity contribution in [2.75, 3.05) is 18.2 Å². The van der Waals surface area contributed by atoms with Gasteiger partial charge in [-0.25, -0.2) is 0 Å². The number of aliphatic carboxylic acids is 1. The molecule has 1 aliphatic heterocycles. The number of amides is 1. The molecule has 0 saturated heterocycles.